The van der Waals surface area contributed by atoms with Crippen LogP contribution in [-0.4, -0.2) is 62.7 Å². The number of carbonyl (C=O) groups is 2. The molecule has 11 nitrogen and oxygen atoms in total. The minimum absolute atomic E-state index is 0.0403. The lowest BCUT2D eigenvalue weighted by Crippen LogP contribution is -2.32. The van der Waals surface area contributed by atoms with Crippen molar-refractivity contribution < 1.29 is 19.8 Å². The van der Waals surface area contributed by atoms with E-state index in [0.717, 1.165) is 83.7 Å². The minimum atomic E-state index is -0.831. The van der Waals surface area contributed by atoms with Crippen LogP contribution in [-0.2, 0) is 16.0 Å². The van der Waals surface area contributed by atoms with Crippen LogP contribution in [0.1, 0.15) is 115 Å². The molecule has 0 radical (unpaired) electrons. The van der Waals surface area contributed by atoms with Crippen LogP contribution in [0.25, 0.3) is 0 Å². The Kier molecular flexibility index (Phi) is 17.0. The summed E-state index contributed by atoms with van der Waals surface area (Å²) in [7, 11) is 0. The number of aryl methyl sites for hydroxylation is 2. The molecule has 0 aliphatic carbocycles. The van der Waals surface area contributed by atoms with Gasteiger partial charge < -0.3 is 30.6 Å². The van der Waals surface area contributed by atoms with Gasteiger partial charge in [-0.3, -0.25) is 9.59 Å². The predicted octanol–water partition coefficient (Wildman–Crippen LogP) is 11.4. The summed E-state index contributed by atoms with van der Waals surface area (Å²) in [6.07, 6.45) is 1.96. The molecule has 14 heteroatoms. The van der Waals surface area contributed by atoms with Gasteiger partial charge in [0.25, 0.3) is 0 Å². The summed E-state index contributed by atoms with van der Waals surface area (Å²) < 4.78 is 4.13. The minimum Gasteiger partial charge on any atom is -0.481 e. The second-order valence-electron chi connectivity index (χ2n) is 16.8. The molecule has 0 saturated heterocycles. The van der Waals surface area contributed by atoms with Crippen LogP contribution in [0.3, 0.4) is 0 Å². The van der Waals surface area contributed by atoms with Crippen molar-refractivity contribution in [1.29, 1.82) is 0 Å². The van der Waals surface area contributed by atoms with Gasteiger partial charge in [0.2, 0.25) is 10.4 Å². The standard InChI is InChI=1S/C43H62ClN7O4S2/c1-25(2)21-50(22-26(3)4)36-14-12-32(29(8)17-39(52)53)19-34(36)46-42-45-31(10)38(56-42)16-11-28(7)24-51(23-27(5)6)37-15-13-33(30(9)18-40(54)55)20-35(37)47-43-48-41(44)49-57-43/h12-15,19-20,25-30H,11,16-18,21-24H2,1-10H3,(H,45,46)(H,52,53)(H,54,55)(H,47,48,49)/t28?,29?,30-/m1/s1. The molecule has 0 amide bonds. The fourth-order valence-electron chi connectivity index (χ4n) is 7.14. The van der Waals surface area contributed by atoms with E-state index in [2.05, 4.69) is 109 Å². The van der Waals surface area contributed by atoms with Gasteiger partial charge in [-0.2, -0.15) is 9.36 Å². The number of hydrogen-bond acceptors (Lipinski definition) is 11. The van der Waals surface area contributed by atoms with Gasteiger partial charge >= 0.3 is 11.9 Å². The maximum absolute atomic E-state index is 11.6. The Balaban J connectivity index is 1.56. The zero-order chi connectivity index (χ0) is 42.0. The number of aliphatic carboxylic acids is 2. The van der Waals surface area contributed by atoms with Crippen molar-refractivity contribution in [2.24, 2.45) is 23.7 Å². The number of benzene rings is 2. The Morgan fingerprint density at radius 2 is 1.19 bits per heavy atom. The number of nitrogens with zero attached hydrogens (tertiary/aromatic N) is 5. The molecular weight excluding hydrogens is 778 g/mol. The molecule has 0 aliphatic rings. The normalized spacial score (nSPS) is 13.2. The lowest BCUT2D eigenvalue weighted by Gasteiger charge is -2.32. The Labute approximate surface area is 352 Å². The maximum Gasteiger partial charge on any atom is 0.303 e. The zero-order valence-corrected chi connectivity index (χ0v) is 37.6. The van der Waals surface area contributed by atoms with Crippen LogP contribution in [0.2, 0.25) is 5.28 Å². The van der Waals surface area contributed by atoms with Crippen LogP contribution in [0.15, 0.2) is 36.4 Å². The lowest BCUT2D eigenvalue weighted by atomic mass is 9.96. The number of carboxylic acids is 2. The average molecular weight is 841 g/mol. The molecule has 312 valence electrons. The maximum atomic E-state index is 11.6. The van der Waals surface area contributed by atoms with Gasteiger partial charge in [0.05, 0.1) is 41.3 Å². The van der Waals surface area contributed by atoms with E-state index in [1.165, 1.54) is 16.4 Å². The molecule has 0 fully saturated rings. The lowest BCUT2D eigenvalue weighted by molar-refractivity contribution is -0.138. The highest BCUT2D eigenvalue weighted by atomic mass is 35.5. The first-order chi connectivity index (χ1) is 26.9. The summed E-state index contributed by atoms with van der Waals surface area (Å²) in [5.74, 6) is -0.240. The Hall–Kier alpha value is -3.94. The molecule has 4 N–H and O–H groups in total. The average Bonchev–Trinajstić information content (AvgIpc) is 3.68. The molecule has 0 aliphatic heterocycles. The van der Waals surface area contributed by atoms with E-state index in [-0.39, 0.29) is 30.0 Å². The smallest absolute Gasteiger partial charge is 0.303 e. The first-order valence-electron chi connectivity index (χ1n) is 20.1. The van der Waals surface area contributed by atoms with Crippen molar-refractivity contribution in [3.05, 3.63) is 63.4 Å². The summed E-state index contributed by atoms with van der Waals surface area (Å²) >= 11 is 8.95. The van der Waals surface area contributed by atoms with Gasteiger partial charge in [-0.05, 0) is 102 Å². The van der Waals surface area contributed by atoms with Crippen molar-refractivity contribution in [1.82, 2.24) is 14.3 Å². The van der Waals surface area contributed by atoms with E-state index >= 15 is 0 Å². The van der Waals surface area contributed by atoms with E-state index in [4.69, 9.17) is 16.6 Å². The quantitative estimate of drug-likeness (QED) is 0.0566. The first-order valence-corrected chi connectivity index (χ1v) is 22.1. The number of nitrogens with one attached hydrogen (secondary N) is 2. The fraction of sp³-hybridized carbons (Fsp3) is 0.558. The van der Waals surface area contributed by atoms with Crippen LogP contribution in [0, 0.1) is 30.6 Å². The number of thiazole rings is 1. The molecule has 4 aromatic rings. The second kappa shape index (κ2) is 21.2. The van der Waals surface area contributed by atoms with Gasteiger partial charge in [0.15, 0.2) is 5.13 Å². The Morgan fingerprint density at radius 1 is 0.719 bits per heavy atom. The molecule has 2 aromatic carbocycles. The van der Waals surface area contributed by atoms with Crippen molar-refractivity contribution in [2.45, 2.75) is 107 Å². The highest BCUT2D eigenvalue weighted by Gasteiger charge is 2.22. The topological polar surface area (TPSA) is 144 Å². The van der Waals surface area contributed by atoms with Gasteiger partial charge in [-0.25, -0.2) is 4.98 Å². The highest BCUT2D eigenvalue weighted by molar-refractivity contribution is 7.15. The monoisotopic (exact) mass is 839 g/mol. The molecular formula is C43H62ClN7O4S2. The van der Waals surface area contributed by atoms with Crippen LogP contribution in [0.4, 0.5) is 33.0 Å². The van der Waals surface area contributed by atoms with Crippen molar-refractivity contribution in [2.75, 3.05) is 46.6 Å². The molecule has 4 rings (SSSR count). The fourth-order valence-corrected chi connectivity index (χ4v) is 8.86. The number of carboxylic acid groups (broad SMARTS) is 2. The number of rotatable bonds is 23. The molecule has 2 heterocycles. The number of hydrogen-bond donors (Lipinski definition) is 4. The van der Waals surface area contributed by atoms with Crippen LogP contribution < -0.4 is 20.4 Å². The van der Waals surface area contributed by atoms with E-state index in [1.807, 2.05) is 26.0 Å². The van der Waals surface area contributed by atoms with Crippen LogP contribution in [0.5, 0.6) is 0 Å². The number of aromatic nitrogens is 3. The molecule has 2 aromatic heterocycles. The first kappa shape index (κ1) is 45.8. The van der Waals surface area contributed by atoms with Gasteiger partial charge in [0, 0.05) is 42.6 Å². The summed E-state index contributed by atoms with van der Waals surface area (Å²) in [6.45, 7) is 25.1. The third-order valence-electron chi connectivity index (χ3n) is 9.75. The van der Waals surface area contributed by atoms with Gasteiger partial charge in [-0.15, -0.1) is 11.3 Å². The van der Waals surface area contributed by atoms with Crippen molar-refractivity contribution in [3.63, 3.8) is 0 Å². The number of anilines is 6. The molecule has 0 saturated carbocycles. The number of halogens is 1. The molecule has 2 unspecified atom stereocenters. The summed E-state index contributed by atoms with van der Waals surface area (Å²) in [4.78, 5) is 38.5. The SMILES string of the molecule is Cc1nc(Nc2cc(C(C)CC(=O)O)ccc2N(CC(C)C)CC(C)C)sc1CCC(C)CN(CC(C)C)c1ccc([C@H](C)CC(=O)O)cc1Nc1nc(Cl)ns1. The van der Waals surface area contributed by atoms with E-state index in [0.29, 0.717) is 28.8 Å². The molecule has 0 bridgehead atoms. The van der Waals surface area contributed by atoms with E-state index in [1.54, 1.807) is 11.3 Å². The molecule has 0 spiro atoms. The van der Waals surface area contributed by atoms with Crippen molar-refractivity contribution in [3.8, 4) is 0 Å². The second-order valence-corrected chi connectivity index (χ2v) is 19.0. The Bertz CT molecular complexity index is 1920. The van der Waals surface area contributed by atoms with Crippen LogP contribution >= 0.6 is 34.5 Å². The summed E-state index contributed by atoms with van der Waals surface area (Å²) in [6, 6.07) is 12.5. The highest BCUT2D eigenvalue weighted by Crippen LogP contribution is 2.38. The van der Waals surface area contributed by atoms with E-state index < -0.39 is 11.9 Å². The molecule has 3 atom stereocenters. The van der Waals surface area contributed by atoms with E-state index in [9.17, 15) is 19.8 Å². The third kappa shape index (κ3) is 14.1. The Morgan fingerprint density at radius 3 is 1.63 bits per heavy atom. The van der Waals surface area contributed by atoms with Crippen molar-refractivity contribution >= 4 is 79.4 Å². The predicted molar refractivity (Wildman–Crippen MR) is 239 cm³/mol. The summed E-state index contributed by atoms with van der Waals surface area (Å²) in [5.41, 5.74) is 6.86. The zero-order valence-electron chi connectivity index (χ0n) is 35.2. The van der Waals surface area contributed by atoms with Gasteiger partial charge in [0.1, 0.15) is 0 Å². The van der Waals surface area contributed by atoms with Gasteiger partial charge in [-0.1, -0.05) is 74.4 Å². The summed E-state index contributed by atoms with van der Waals surface area (Å²) in [5, 5.41) is 27.7. The third-order valence-corrected chi connectivity index (χ3v) is 11.8. The largest absolute Gasteiger partial charge is 0.481 e. The molecule has 57 heavy (non-hydrogen) atoms.